The average molecular weight is 215 g/mol. The molecule has 1 heterocycles. The summed E-state index contributed by atoms with van der Waals surface area (Å²) < 4.78 is 0. The summed E-state index contributed by atoms with van der Waals surface area (Å²) in [4.78, 5) is 9.91. The van der Waals surface area contributed by atoms with E-state index in [4.69, 9.17) is 0 Å². The molecule has 8 heavy (non-hydrogen) atoms. The first-order valence-electron chi connectivity index (χ1n) is 2.02. The fourth-order valence-corrected chi connectivity index (χ4v) is 1.06. The van der Waals surface area contributed by atoms with E-state index >= 15 is 0 Å². The topological polar surface area (TPSA) is 17.1 Å². The van der Waals surface area contributed by atoms with Crippen LogP contribution < -0.4 is 0 Å². The van der Waals surface area contributed by atoms with Crippen LogP contribution in [0.1, 0.15) is 10.1 Å². The summed E-state index contributed by atoms with van der Waals surface area (Å²) in [6.45, 7) is 0. The van der Waals surface area contributed by atoms with E-state index in [1.165, 1.54) is 0 Å². The van der Waals surface area contributed by atoms with Gasteiger partial charge in [0.15, 0.2) is 6.29 Å². The maximum atomic E-state index is 9.91. The Hall–Kier alpha value is 0.0734. The van der Waals surface area contributed by atoms with Crippen molar-refractivity contribution in [2.75, 3.05) is 0 Å². The van der Waals surface area contributed by atoms with Crippen molar-refractivity contribution in [1.82, 2.24) is 0 Å². The zero-order valence-corrected chi connectivity index (χ0v) is 6.69. The van der Waals surface area contributed by atoms with E-state index in [1.807, 2.05) is 17.9 Å². The Labute approximate surface area is 62.3 Å². The van der Waals surface area contributed by atoms with Gasteiger partial charge in [0.25, 0.3) is 0 Å². The fourth-order valence-electron chi connectivity index (χ4n) is 0.418. The van der Waals surface area contributed by atoms with Crippen molar-refractivity contribution >= 4 is 14.5 Å². The Kier molecular flexibility index (Phi) is 4.04. The van der Waals surface area contributed by atoms with E-state index < -0.39 is 0 Å². The Bertz CT molecular complexity index is 147. The van der Waals surface area contributed by atoms with Crippen molar-refractivity contribution in [3.8, 4) is 0 Å². The van der Waals surface area contributed by atoms with Gasteiger partial charge in [-0.1, -0.05) is 6.07 Å². The summed E-state index contributed by atoms with van der Waals surface area (Å²) in [5, 5.41) is 0.903. The molecule has 1 aromatic rings. The van der Waals surface area contributed by atoms with Crippen LogP contribution in [0.25, 0.3) is 0 Å². The van der Waals surface area contributed by atoms with Gasteiger partial charge in [0.2, 0.25) is 0 Å². The Morgan fingerprint density at radius 3 is 2.62 bits per heavy atom. The molecule has 1 aromatic heterocycles. The third kappa shape index (κ3) is 1.90. The summed E-state index contributed by atoms with van der Waals surface area (Å²) >= 11 is 0. The second-order valence-electron chi connectivity index (χ2n) is 1.24. The standard InChI is InChI=1S/C5H5OP.Rh/c6-4-5-2-1-3-7-5;/h1-4,7H;. The van der Waals surface area contributed by atoms with E-state index in [2.05, 4.69) is 0 Å². The molecule has 3 heteroatoms. The second kappa shape index (κ2) is 4.00. The SMILES string of the molecule is O=Cc1ccc[pH]1.[Rh]. The zero-order chi connectivity index (χ0) is 5.11. The van der Waals surface area contributed by atoms with E-state index in [-0.39, 0.29) is 19.5 Å². The van der Waals surface area contributed by atoms with Gasteiger partial charge < -0.3 is 0 Å². The van der Waals surface area contributed by atoms with Crippen LogP contribution in [0.2, 0.25) is 0 Å². The van der Waals surface area contributed by atoms with E-state index in [0.717, 1.165) is 11.6 Å². The van der Waals surface area contributed by atoms with Crippen LogP contribution in [-0.2, 0) is 19.5 Å². The number of hydrogen-bond donors (Lipinski definition) is 0. The number of hydrogen-bond acceptors (Lipinski definition) is 1. The molecule has 0 saturated heterocycles. The molecule has 45 valence electrons. The molecule has 1 atom stereocenters. The predicted molar refractivity (Wildman–Crippen MR) is 31.3 cm³/mol. The molecule has 0 amide bonds. The van der Waals surface area contributed by atoms with Crippen LogP contribution in [-0.4, -0.2) is 6.29 Å². The molecule has 1 nitrogen and oxygen atoms in total. The molecule has 0 N–H and O–H groups in total. The van der Waals surface area contributed by atoms with Gasteiger partial charge in [-0.15, -0.1) is 8.19 Å². The van der Waals surface area contributed by atoms with Crippen LogP contribution in [0.15, 0.2) is 17.9 Å². The minimum absolute atomic E-state index is 0. The zero-order valence-electron chi connectivity index (χ0n) is 4.05. The largest absolute Gasteiger partial charge is 0.298 e. The van der Waals surface area contributed by atoms with E-state index in [1.54, 1.807) is 0 Å². The minimum Gasteiger partial charge on any atom is -0.298 e. The van der Waals surface area contributed by atoms with Gasteiger partial charge in [-0.05, 0) is 11.9 Å². The van der Waals surface area contributed by atoms with E-state index in [9.17, 15) is 4.79 Å². The number of rotatable bonds is 1. The van der Waals surface area contributed by atoms with Crippen molar-refractivity contribution in [1.29, 1.82) is 0 Å². The summed E-state index contributed by atoms with van der Waals surface area (Å²) in [6.07, 6.45) is 0.901. The van der Waals surface area contributed by atoms with Gasteiger partial charge in [0.1, 0.15) is 0 Å². The van der Waals surface area contributed by atoms with Crippen molar-refractivity contribution in [3.05, 3.63) is 23.2 Å². The van der Waals surface area contributed by atoms with Crippen LogP contribution in [0.3, 0.4) is 0 Å². The first-order valence-corrected chi connectivity index (χ1v) is 3.10. The molecule has 1 rings (SSSR count). The molecule has 0 spiro atoms. The van der Waals surface area contributed by atoms with Gasteiger partial charge in [-0.2, -0.15) is 0 Å². The van der Waals surface area contributed by atoms with E-state index in [0.29, 0.717) is 8.19 Å². The molecule has 0 aromatic carbocycles. The molecule has 0 aliphatic carbocycles. The summed E-state index contributed by atoms with van der Waals surface area (Å²) in [5.74, 6) is 1.99. The number of carbonyl (C=O) groups excluding carboxylic acids is 1. The minimum atomic E-state index is 0. The quantitative estimate of drug-likeness (QED) is 0.512. The molecule has 0 aliphatic rings. The molecular weight excluding hydrogens is 210 g/mol. The van der Waals surface area contributed by atoms with Crippen molar-refractivity contribution < 1.29 is 24.3 Å². The first-order chi connectivity index (χ1) is 3.43. The first kappa shape index (κ1) is 8.07. The van der Waals surface area contributed by atoms with Crippen molar-refractivity contribution in [2.45, 2.75) is 0 Å². The average Bonchev–Trinajstić information content (AvgIpc) is 2.14. The second-order valence-corrected chi connectivity index (χ2v) is 2.44. The molecule has 0 aliphatic heterocycles. The van der Waals surface area contributed by atoms with Gasteiger partial charge in [0.05, 0.1) is 0 Å². The summed E-state index contributed by atoms with van der Waals surface area (Å²) in [7, 11) is 0.612. The summed E-state index contributed by atoms with van der Waals surface area (Å²) in [6, 6.07) is 3.74. The smallest absolute Gasteiger partial charge is 0.153 e. The van der Waals surface area contributed by atoms with Gasteiger partial charge in [0, 0.05) is 24.8 Å². The van der Waals surface area contributed by atoms with Crippen molar-refractivity contribution in [3.63, 3.8) is 0 Å². The third-order valence-electron chi connectivity index (χ3n) is 0.749. The Balaban J connectivity index is 0.000000490. The molecule has 0 bridgehead atoms. The number of carbonyl (C=O) groups is 1. The molecule has 1 unspecified atom stereocenters. The Morgan fingerprint density at radius 2 is 2.38 bits per heavy atom. The molecule has 0 saturated carbocycles. The maximum Gasteiger partial charge on any atom is 0.153 e. The maximum absolute atomic E-state index is 9.91. The Morgan fingerprint density at radius 1 is 1.62 bits per heavy atom. The molecule has 1 radical (unpaired) electrons. The number of aldehydes is 1. The van der Waals surface area contributed by atoms with Crippen molar-refractivity contribution in [2.24, 2.45) is 0 Å². The van der Waals surface area contributed by atoms with Gasteiger partial charge in [-0.25, -0.2) is 0 Å². The monoisotopic (exact) mass is 215 g/mol. The summed E-state index contributed by atoms with van der Waals surface area (Å²) in [5.41, 5.74) is 0. The molecule has 0 fully saturated rings. The van der Waals surface area contributed by atoms with Crippen LogP contribution in [0, 0.1) is 0 Å². The third-order valence-corrected chi connectivity index (χ3v) is 1.73. The predicted octanol–water partition coefficient (Wildman–Crippen LogP) is 1.53. The van der Waals surface area contributed by atoms with Crippen LogP contribution in [0.4, 0.5) is 0 Å². The van der Waals surface area contributed by atoms with Crippen LogP contribution >= 0.6 is 8.19 Å². The van der Waals surface area contributed by atoms with Gasteiger partial charge >= 0.3 is 0 Å². The van der Waals surface area contributed by atoms with Gasteiger partial charge in [-0.3, -0.25) is 4.79 Å². The van der Waals surface area contributed by atoms with Crippen LogP contribution in [0.5, 0.6) is 0 Å². The fraction of sp³-hybridized carbons (Fsp3) is 0. The normalized spacial score (nSPS) is 8.50. The molecular formula is C5H5OPRh.